The van der Waals surface area contributed by atoms with Crippen LogP contribution in [0.4, 0.5) is 5.69 Å². The van der Waals surface area contributed by atoms with Gasteiger partial charge in [0.05, 0.1) is 41.9 Å². The molecule has 154 valence electrons. The van der Waals surface area contributed by atoms with Gasteiger partial charge in [-0.05, 0) is 19.4 Å². The van der Waals surface area contributed by atoms with Crippen molar-refractivity contribution in [2.24, 2.45) is 7.05 Å². The first-order valence-electron chi connectivity index (χ1n) is 9.63. The number of anilines is 1. The third-order valence-corrected chi connectivity index (χ3v) is 5.13. The van der Waals surface area contributed by atoms with Crippen molar-refractivity contribution >= 4 is 28.6 Å². The summed E-state index contributed by atoms with van der Waals surface area (Å²) in [6.07, 6.45) is 1.57. The van der Waals surface area contributed by atoms with E-state index < -0.39 is 0 Å². The molecule has 0 aliphatic heterocycles. The largest absolute Gasteiger partial charge is 0.463 e. The molecular formula is C22H23N5O3. The number of hydrogen-bond acceptors (Lipinski definition) is 4. The molecule has 0 bridgehead atoms. The molecule has 30 heavy (non-hydrogen) atoms. The van der Waals surface area contributed by atoms with Crippen molar-refractivity contribution in [3.8, 4) is 0 Å². The first kappa shape index (κ1) is 19.5. The minimum atomic E-state index is -0.340. The van der Waals surface area contributed by atoms with Gasteiger partial charge < -0.3 is 19.6 Å². The Morgan fingerprint density at radius 1 is 1.13 bits per heavy atom. The molecule has 0 saturated carbocycles. The van der Waals surface area contributed by atoms with Crippen molar-refractivity contribution in [3.63, 3.8) is 0 Å². The SMILES string of the molecule is Cc1nn(Cc2ccccc2)c(C)c1NC(=O)CNC(=O)c1cc2occc2n1C. The maximum absolute atomic E-state index is 12.5. The van der Waals surface area contributed by atoms with Crippen LogP contribution >= 0.6 is 0 Å². The Balaban J connectivity index is 1.39. The number of hydrogen-bond donors (Lipinski definition) is 2. The van der Waals surface area contributed by atoms with E-state index >= 15 is 0 Å². The highest BCUT2D eigenvalue weighted by Gasteiger charge is 2.18. The Hall–Kier alpha value is -3.81. The lowest BCUT2D eigenvalue weighted by Gasteiger charge is -2.09. The molecule has 4 rings (SSSR count). The number of furan rings is 1. The Morgan fingerprint density at radius 3 is 2.63 bits per heavy atom. The highest BCUT2D eigenvalue weighted by atomic mass is 16.3. The maximum atomic E-state index is 12.5. The van der Waals surface area contributed by atoms with E-state index in [0.29, 0.717) is 23.5 Å². The van der Waals surface area contributed by atoms with E-state index in [1.165, 1.54) is 0 Å². The summed E-state index contributed by atoms with van der Waals surface area (Å²) in [4.78, 5) is 24.9. The summed E-state index contributed by atoms with van der Waals surface area (Å²) in [5, 5.41) is 10.1. The van der Waals surface area contributed by atoms with Gasteiger partial charge in [0, 0.05) is 19.2 Å². The third-order valence-electron chi connectivity index (χ3n) is 5.13. The van der Waals surface area contributed by atoms with Gasteiger partial charge in [-0.25, -0.2) is 0 Å². The zero-order valence-corrected chi connectivity index (χ0v) is 17.1. The lowest BCUT2D eigenvalue weighted by molar-refractivity contribution is -0.115. The fourth-order valence-corrected chi connectivity index (χ4v) is 3.49. The topological polar surface area (TPSA) is 94.1 Å². The van der Waals surface area contributed by atoms with Gasteiger partial charge in [-0.1, -0.05) is 30.3 Å². The number of nitrogens with one attached hydrogen (secondary N) is 2. The number of benzene rings is 1. The predicted octanol–water partition coefficient (Wildman–Crippen LogP) is 3.00. The van der Waals surface area contributed by atoms with Gasteiger partial charge in [-0.15, -0.1) is 0 Å². The fraction of sp³-hybridized carbons (Fsp3) is 0.227. The molecule has 4 aromatic rings. The van der Waals surface area contributed by atoms with Crippen LogP contribution in [-0.2, 0) is 18.4 Å². The maximum Gasteiger partial charge on any atom is 0.268 e. The van der Waals surface area contributed by atoms with E-state index in [1.54, 1.807) is 30.0 Å². The average Bonchev–Trinajstić information content (AvgIpc) is 3.39. The van der Waals surface area contributed by atoms with Gasteiger partial charge in [0.25, 0.3) is 5.91 Å². The van der Waals surface area contributed by atoms with Gasteiger partial charge in [0.15, 0.2) is 5.58 Å². The number of amides is 2. The lowest BCUT2D eigenvalue weighted by Crippen LogP contribution is -2.34. The second kappa shape index (κ2) is 7.90. The van der Waals surface area contributed by atoms with Crippen LogP contribution in [-0.4, -0.2) is 32.7 Å². The molecule has 0 aliphatic rings. The first-order valence-corrected chi connectivity index (χ1v) is 9.63. The summed E-state index contributed by atoms with van der Waals surface area (Å²) in [7, 11) is 1.78. The molecule has 0 aliphatic carbocycles. The van der Waals surface area contributed by atoms with E-state index in [2.05, 4.69) is 15.7 Å². The Bertz CT molecular complexity index is 1220. The molecule has 0 fully saturated rings. The fourth-order valence-electron chi connectivity index (χ4n) is 3.49. The summed E-state index contributed by atoms with van der Waals surface area (Å²) in [5.74, 6) is -0.654. The Morgan fingerprint density at radius 2 is 1.90 bits per heavy atom. The highest BCUT2D eigenvalue weighted by molar-refractivity contribution is 6.01. The molecule has 2 amide bonds. The molecule has 8 heteroatoms. The number of nitrogens with zero attached hydrogens (tertiary/aromatic N) is 3. The first-order chi connectivity index (χ1) is 14.4. The van der Waals surface area contributed by atoms with Gasteiger partial charge in [0.1, 0.15) is 5.69 Å². The van der Waals surface area contributed by atoms with Crippen molar-refractivity contribution in [3.05, 3.63) is 71.4 Å². The standard InChI is InChI=1S/C22H23N5O3/c1-14-21(15(2)27(25-14)13-16-7-5-4-6-8-16)24-20(28)12-23-22(29)18-11-19-17(26(18)3)9-10-30-19/h4-11H,12-13H2,1-3H3,(H,23,29)(H,24,28). The molecule has 3 heterocycles. The molecule has 2 N–H and O–H groups in total. The van der Waals surface area contributed by atoms with Gasteiger partial charge in [-0.3, -0.25) is 14.3 Å². The Kier molecular flexibility index (Phi) is 5.14. The quantitative estimate of drug-likeness (QED) is 0.516. The summed E-state index contributed by atoms with van der Waals surface area (Å²) >= 11 is 0. The zero-order chi connectivity index (χ0) is 21.3. The van der Waals surface area contributed by atoms with Crippen molar-refractivity contribution in [1.29, 1.82) is 0 Å². The molecule has 0 radical (unpaired) electrons. The van der Waals surface area contributed by atoms with Gasteiger partial charge in [0.2, 0.25) is 5.91 Å². The third kappa shape index (κ3) is 3.71. The van der Waals surface area contributed by atoms with Crippen LogP contribution in [0.3, 0.4) is 0 Å². The highest BCUT2D eigenvalue weighted by Crippen LogP contribution is 2.21. The van der Waals surface area contributed by atoms with Crippen LogP contribution < -0.4 is 10.6 Å². The second-order valence-corrected chi connectivity index (χ2v) is 7.18. The number of carbonyl (C=O) groups excluding carboxylic acids is 2. The lowest BCUT2D eigenvalue weighted by atomic mass is 10.2. The van der Waals surface area contributed by atoms with Crippen molar-refractivity contribution in [2.75, 3.05) is 11.9 Å². The molecular weight excluding hydrogens is 382 g/mol. The normalized spacial score (nSPS) is 11.0. The minimum absolute atomic E-state index is 0.145. The zero-order valence-electron chi connectivity index (χ0n) is 17.1. The molecule has 1 aromatic carbocycles. The van der Waals surface area contributed by atoms with Crippen LogP contribution in [0.15, 0.2) is 53.1 Å². The number of aryl methyl sites for hydroxylation is 2. The van der Waals surface area contributed by atoms with Gasteiger partial charge in [-0.2, -0.15) is 5.10 Å². The van der Waals surface area contributed by atoms with E-state index in [9.17, 15) is 9.59 Å². The van der Waals surface area contributed by atoms with Crippen LogP contribution in [0.1, 0.15) is 27.4 Å². The van der Waals surface area contributed by atoms with Crippen molar-refractivity contribution in [2.45, 2.75) is 20.4 Å². The summed E-state index contributed by atoms with van der Waals surface area (Å²) in [6, 6.07) is 13.4. The smallest absolute Gasteiger partial charge is 0.268 e. The molecule has 8 nitrogen and oxygen atoms in total. The van der Waals surface area contributed by atoms with E-state index in [1.807, 2.05) is 48.9 Å². The second-order valence-electron chi connectivity index (χ2n) is 7.18. The molecule has 0 unspecified atom stereocenters. The average molecular weight is 405 g/mol. The van der Waals surface area contributed by atoms with Crippen LogP contribution in [0, 0.1) is 13.8 Å². The van der Waals surface area contributed by atoms with E-state index in [-0.39, 0.29) is 18.4 Å². The number of fused-ring (bicyclic) bond motifs is 1. The van der Waals surface area contributed by atoms with Gasteiger partial charge >= 0.3 is 0 Å². The van der Waals surface area contributed by atoms with Crippen LogP contribution in [0.25, 0.3) is 11.1 Å². The summed E-state index contributed by atoms with van der Waals surface area (Å²) in [5.41, 5.74) is 5.26. The van der Waals surface area contributed by atoms with Crippen LogP contribution in [0.5, 0.6) is 0 Å². The minimum Gasteiger partial charge on any atom is -0.463 e. The molecule has 0 saturated heterocycles. The predicted molar refractivity (Wildman–Crippen MR) is 113 cm³/mol. The van der Waals surface area contributed by atoms with Crippen molar-refractivity contribution in [1.82, 2.24) is 19.7 Å². The number of aromatic nitrogens is 3. The monoisotopic (exact) mass is 405 g/mol. The van der Waals surface area contributed by atoms with Crippen molar-refractivity contribution < 1.29 is 14.0 Å². The van der Waals surface area contributed by atoms with E-state index in [4.69, 9.17) is 4.42 Å². The van der Waals surface area contributed by atoms with Crippen LogP contribution in [0.2, 0.25) is 0 Å². The molecule has 0 atom stereocenters. The summed E-state index contributed by atoms with van der Waals surface area (Å²) < 4.78 is 8.91. The van der Waals surface area contributed by atoms with E-state index in [0.717, 1.165) is 22.5 Å². The Labute approximate surface area is 173 Å². The molecule has 3 aromatic heterocycles. The molecule has 0 spiro atoms. The number of carbonyl (C=O) groups is 2. The number of rotatable bonds is 6. The summed E-state index contributed by atoms with van der Waals surface area (Å²) in [6.45, 7) is 4.24.